The monoisotopic (exact) mass is 220 g/mol. The third kappa shape index (κ3) is 2.60. The molecule has 3 heteroatoms. The molecule has 0 aliphatic rings. The molecule has 2 aromatic rings. The highest BCUT2D eigenvalue weighted by Crippen LogP contribution is 2.11. The molecule has 15 heavy (non-hydrogen) atoms. The Hall–Kier alpha value is -1.28. The molecule has 0 N–H and O–H groups in total. The second-order valence-electron chi connectivity index (χ2n) is 3.85. The fourth-order valence-corrected chi connectivity index (χ4v) is 1.93. The second-order valence-corrected chi connectivity index (χ2v) is 4.29. The molecule has 0 unspecified atom stereocenters. The van der Waals surface area contributed by atoms with Crippen LogP contribution in [0.3, 0.4) is 0 Å². The minimum absolute atomic E-state index is 0.680. The van der Waals surface area contributed by atoms with Crippen molar-refractivity contribution in [3.63, 3.8) is 0 Å². The first-order chi connectivity index (χ1) is 7.13. The third-order valence-electron chi connectivity index (χ3n) is 2.23. The zero-order valence-corrected chi connectivity index (χ0v) is 9.62. The predicted octanol–water partition coefficient (Wildman–Crippen LogP) is 3.20. The highest BCUT2D eigenvalue weighted by atomic mass is 35.5. The summed E-state index contributed by atoms with van der Waals surface area (Å²) in [5.41, 5.74) is 3.82. The molecule has 0 saturated heterocycles. The molecule has 0 spiro atoms. The van der Waals surface area contributed by atoms with Crippen molar-refractivity contribution in [2.75, 3.05) is 0 Å². The van der Waals surface area contributed by atoms with Crippen molar-refractivity contribution in [1.29, 1.82) is 0 Å². The minimum atomic E-state index is 0.680. The van der Waals surface area contributed by atoms with Gasteiger partial charge in [-0.25, -0.2) is 0 Å². The van der Waals surface area contributed by atoms with Gasteiger partial charge in [-0.3, -0.25) is 4.68 Å². The molecule has 2 nitrogen and oxygen atoms in total. The van der Waals surface area contributed by atoms with E-state index in [1.807, 2.05) is 10.9 Å². The third-order valence-corrected chi connectivity index (χ3v) is 2.42. The van der Waals surface area contributed by atoms with Crippen LogP contribution >= 0.6 is 11.6 Å². The summed E-state index contributed by atoms with van der Waals surface area (Å²) in [6, 6.07) is 6.50. The van der Waals surface area contributed by atoms with Crippen LogP contribution in [0.5, 0.6) is 0 Å². The molecule has 1 aromatic carbocycles. The summed E-state index contributed by atoms with van der Waals surface area (Å²) in [5, 5.41) is 4.84. The summed E-state index contributed by atoms with van der Waals surface area (Å²) in [6.45, 7) is 4.98. The van der Waals surface area contributed by atoms with E-state index in [0.29, 0.717) is 5.02 Å². The van der Waals surface area contributed by atoms with Crippen molar-refractivity contribution in [1.82, 2.24) is 9.78 Å². The predicted molar refractivity (Wildman–Crippen MR) is 62.3 cm³/mol. The fourth-order valence-electron chi connectivity index (χ4n) is 1.77. The van der Waals surface area contributed by atoms with Gasteiger partial charge in [0.1, 0.15) is 0 Å². The summed E-state index contributed by atoms with van der Waals surface area (Å²) >= 11 is 5.81. The lowest BCUT2D eigenvalue weighted by atomic mass is 10.1. The van der Waals surface area contributed by atoms with E-state index in [-0.39, 0.29) is 0 Å². The van der Waals surface area contributed by atoms with Gasteiger partial charge in [0.15, 0.2) is 0 Å². The summed E-state index contributed by atoms with van der Waals surface area (Å²) in [4.78, 5) is 0. The zero-order valence-electron chi connectivity index (χ0n) is 8.87. The molecular weight excluding hydrogens is 208 g/mol. The standard InChI is InChI=1S/C12H13ClN2/c1-9-3-10(2)5-11(4-9)7-15-8-12(13)6-14-15/h3-6,8H,7H2,1-2H3. The normalized spacial score (nSPS) is 10.6. The summed E-state index contributed by atoms with van der Waals surface area (Å²) < 4.78 is 1.84. The average Bonchev–Trinajstić information content (AvgIpc) is 2.49. The number of aromatic nitrogens is 2. The van der Waals surface area contributed by atoms with Gasteiger partial charge in [-0.05, 0) is 19.4 Å². The van der Waals surface area contributed by atoms with Gasteiger partial charge >= 0.3 is 0 Å². The number of aryl methyl sites for hydroxylation is 2. The molecule has 1 heterocycles. The van der Waals surface area contributed by atoms with Crippen LogP contribution in [0.25, 0.3) is 0 Å². The van der Waals surface area contributed by atoms with Crippen molar-refractivity contribution in [2.45, 2.75) is 20.4 Å². The Labute approximate surface area is 94.5 Å². The maximum atomic E-state index is 5.81. The maximum Gasteiger partial charge on any atom is 0.0785 e. The van der Waals surface area contributed by atoms with Crippen LogP contribution in [0.4, 0.5) is 0 Å². The summed E-state index contributed by atoms with van der Waals surface area (Å²) in [6.07, 6.45) is 3.49. The van der Waals surface area contributed by atoms with Crippen LogP contribution in [0.2, 0.25) is 5.02 Å². The van der Waals surface area contributed by atoms with Crippen molar-refractivity contribution in [3.05, 3.63) is 52.3 Å². The topological polar surface area (TPSA) is 17.8 Å². The molecule has 2 rings (SSSR count). The lowest BCUT2D eigenvalue weighted by Gasteiger charge is -2.04. The van der Waals surface area contributed by atoms with Gasteiger partial charge in [-0.1, -0.05) is 40.9 Å². The van der Waals surface area contributed by atoms with Gasteiger partial charge in [-0.15, -0.1) is 0 Å². The van der Waals surface area contributed by atoms with E-state index < -0.39 is 0 Å². The van der Waals surface area contributed by atoms with Gasteiger partial charge in [-0.2, -0.15) is 5.10 Å². The van der Waals surface area contributed by atoms with Crippen LogP contribution in [0, 0.1) is 13.8 Å². The van der Waals surface area contributed by atoms with E-state index in [0.717, 1.165) is 6.54 Å². The van der Waals surface area contributed by atoms with Crippen LogP contribution in [0.1, 0.15) is 16.7 Å². The van der Waals surface area contributed by atoms with Gasteiger partial charge in [0, 0.05) is 6.20 Å². The smallest absolute Gasteiger partial charge is 0.0785 e. The van der Waals surface area contributed by atoms with Gasteiger partial charge in [0.05, 0.1) is 17.8 Å². The lowest BCUT2D eigenvalue weighted by molar-refractivity contribution is 0.686. The Morgan fingerprint density at radius 3 is 2.40 bits per heavy atom. The molecule has 0 saturated carbocycles. The van der Waals surface area contributed by atoms with Crippen molar-refractivity contribution < 1.29 is 0 Å². The van der Waals surface area contributed by atoms with E-state index in [4.69, 9.17) is 11.6 Å². The van der Waals surface area contributed by atoms with Crippen LogP contribution in [-0.4, -0.2) is 9.78 Å². The molecule has 0 atom stereocenters. The molecular formula is C12H13ClN2. The number of benzene rings is 1. The first-order valence-corrected chi connectivity index (χ1v) is 5.26. The fraction of sp³-hybridized carbons (Fsp3) is 0.250. The molecule has 1 aromatic heterocycles. The quantitative estimate of drug-likeness (QED) is 0.760. The van der Waals surface area contributed by atoms with E-state index in [1.54, 1.807) is 6.20 Å². The molecule has 0 bridgehead atoms. The van der Waals surface area contributed by atoms with Crippen molar-refractivity contribution in [2.24, 2.45) is 0 Å². The van der Waals surface area contributed by atoms with Gasteiger partial charge < -0.3 is 0 Å². The number of hydrogen-bond donors (Lipinski definition) is 0. The molecule has 0 aliphatic carbocycles. The number of nitrogens with zero attached hydrogens (tertiary/aromatic N) is 2. The number of rotatable bonds is 2. The van der Waals surface area contributed by atoms with Gasteiger partial charge in [0.2, 0.25) is 0 Å². The Kier molecular flexibility index (Phi) is 2.78. The van der Waals surface area contributed by atoms with E-state index in [2.05, 4.69) is 37.1 Å². The zero-order chi connectivity index (χ0) is 10.8. The number of halogens is 1. The van der Waals surface area contributed by atoms with E-state index in [1.165, 1.54) is 16.7 Å². The SMILES string of the molecule is Cc1cc(C)cc(Cn2cc(Cl)cn2)c1. The first kappa shape index (κ1) is 10.2. The maximum absolute atomic E-state index is 5.81. The summed E-state index contributed by atoms with van der Waals surface area (Å²) in [5.74, 6) is 0. The highest BCUT2D eigenvalue weighted by Gasteiger charge is 1.99. The van der Waals surface area contributed by atoms with Gasteiger partial charge in [0.25, 0.3) is 0 Å². The molecule has 78 valence electrons. The Morgan fingerprint density at radius 2 is 1.87 bits per heavy atom. The number of hydrogen-bond acceptors (Lipinski definition) is 1. The Balaban J connectivity index is 2.24. The Morgan fingerprint density at radius 1 is 1.20 bits per heavy atom. The molecule has 0 aliphatic heterocycles. The Bertz CT molecular complexity index is 454. The summed E-state index contributed by atoms with van der Waals surface area (Å²) in [7, 11) is 0. The minimum Gasteiger partial charge on any atom is -0.267 e. The lowest BCUT2D eigenvalue weighted by Crippen LogP contribution is -2.00. The second kappa shape index (κ2) is 4.07. The first-order valence-electron chi connectivity index (χ1n) is 4.88. The molecule has 0 amide bonds. The van der Waals surface area contributed by atoms with Crippen molar-refractivity contribution >= 4 is 11.6 Å². The van der Waals surface area contributed by atoms with E-state index >= 15 is 0 Å². The van der Waals surface area contributed by atoms with E-state index in [9.17, 15) is 0 Å². The van der Waals surface area contributed by atoms with Crippen LogP contribution < -0.4 is 0 Å². The largest absolute Gasteiger partial charge is 0.267 e. The molecule has 0 fully saturated rings. The van der Waals surface area contributed by atoms with Crippen molar-refractivity contribution in [3.8, 4) is 0 Å². The highest BCUT2D eigenvalue weighted by molar-refractivity contribution is 6.30. The average molecular weight is 221 g/mol. The van der Waals surface area contributed by atoms with Crippen LogP contribution in [0.15, 0.2) is 30.6 Å². The van der Waals surface area contributed by atoms with Crippen LogP contribution in [-0.2, 0) is 6.54 Å². The molecule has 0 radical (unpaired) electrons.